The molecule has 1 heterocycles. The molecule has 0 aliphatic carbocycles. The molecular formula is C17H21N3O. The Morgan fingerprint density at radius 3 is 2.76 bits per heavy atom. The van der Waals surface area contributed by atoms with Gasteiger partial charge in [-0.15, -0.1) is 0 Å². The molecule has 21 heavy (non-hydrogen) atoms. The highest BCUT2D eigenvalue weighted by atomic mass is 16.1. The first-order valence-electron chi connectivity index (χ1n) is 7.10. The molecule has 0 aliphatic heterocycles. The van der Waals surface area contributed by atoms with Crippen molar-refractivity contribution in [1.82, 2.24) is 14.9 Å². The molecule has 0 aliphatic rings. The smallest absolute Gasteiger partial charge is 0.244 e. The lowest BCUT2D eigenvalue weighted by Gasteiger charge is -2.05. The Kier molecular flexibility index (Phi) is 5.32. The van der Waals surface area contributed by atoms with Crippen LogP contribution in [0.5, 0.6) is 0 Å². The molecule has 1 aromatic heterocycles. The molecule has 2 aromatic rings. The van der Waals surface area contributed by atoms with Crippen LogP contribution in [0.25, 0.3) is 0 Å². The number of hydrogen-bond donors (Lipinski definition) is 1. The third kappa shape index (κ3) is 4.91. The molecule has 110 valence electrons. The number of benzene rings is 1. The number of carbonyl (C=O) groups excluding carboxylic acids is 1. The number of rotatable bonds is 6. The van der Waals surface area contributed by atoms with Crippen LogP contribution in [0, 0.1) is 0 Å². The van der Waals surface area contributed by atoms with Gasteiger partial charge in [0.05, 0.1) is 6.54 Å². The molecule has 4 nitrogen and oxygen atoms in total. The van der Waals surface area contributed by atoms with Crippen LogP contribution in [0.15, 0.2) is 54.4 Å². The predicted molar refractivity (Wildman–Crippen MR) is 83.6 cm³/mol. The minimum atomic E-state index is -0.0661. The quantitative estimate of drug-likeness (QED) is 0.828. The standard InChI is InChI=1S/C17H21N3O/c1-14(8-9-15-6-4-3-5-7-15)12-17(21)19-13-16-18-10-11-20(16)2/h3-7,10-12H,8-9,13H2,1-2H3,(H,19,21). The van der Waals surface area contributed by atoms with Crippen molar-refractivity contribution in [1.29, 1.82) is 0 Å². The van der Waals surface area contributed by atoms with Gasteiger partial charge in [0.25, 0.3) is 0 Å². The van der Waals surface area contributed by atoms with Crippen LogP contribution in [-0.4, -0.2) is 15.5 Å². The van der Waals surface area contributed by atoms with Gasteiger partial charge in [-0.05, 0) is 25.3 Å². The van der Waals surface area contributed by atoms with Gasteiger partial charge in [-0.3, -0.25) is 4.79 Å². The van der Waals surface area contributed by atoms with Crippen LogP contribution < -0.4 is 5.32 Å². The minimum Gasteiger partial charge on any atom is -0.345 e. The van der Waals surface area contributed by atoms with Crippen molar-refractivity contribution < 1.29 is 4.79 Å². The molecule has 1 aromatic carbocycles. The van der Waals surface area contributed by atoms with Gasteiger partial charge in [0.15, 0.2) is 0 Å². The molecule has 1 N–H and O–H groups in total. The van der Waals surface area contributed by atoms with Gasteiger partial charge in [-0.2, -0.15) is 0 Å². The molecule has 0 radical (unpaired) electrons. The third-order valence-electron chi connectivity index (χ3n) is 3.37. The second kappa shape index (κ2) is 7.43. The first kappa shape index (κ1) is 15.0. The summed E-state index contributed by atoms with van der Waals surface area (Å²) < 4.78 is 1.90. The van der Waals surface area contributed by atoms with Crippen molar-refractivity contribution >= 4 is 5.91 Å². The second-order valence-corrected chi connectivity index (χ2v) is 5.15. The monoisotopic (exact) mass is 283 g/mol. The lowest BCUT2D eigenvalue weighted by molar-refractivity contribution is -0.116. The molecule has 0 saturated heterocycles. The molecular weight excluding hydrogens is 262 g/mol. The highest BCUT2D eigenvalue weighted by molar-refractivity contribution is 5.88. The zero-order chi connectivity index (χ0) is 15.1. The molecule has 0 fully saturated rings. The summed E-state index contributed by atoms with van der Waals surface area (Å²) in [5, 5.41) is 2.86. The number of aromatic nitrogens is 2. The maximum atomic E-state index is 11.8. The van der Waals surface area contributed by atoms with Crippen LogP contribution in [0.3, 0.4) is 0 Å². The highest BCUT2D eigenvalue weighted by Crippen LogP contribution is 2.08. The SMILES string of the molecule is CC(=CC(=O)NCc1nccn1C)CCc1ccccc1. The lowest BCUT2D eigenvalue weighted by atomic mass is 10.1. The van der Waals surface area contributed by atoms with Gasteiger partial charge < -0.3 is 9.88 Å². The van der Waals surface area contributed by atoms with Gasteiger partial charge in [0.2, 0.25) is 5.91 Å². The maximum Gasteiger partial charge on any atom is 0.244 e. The van der Waals surface area contributed by atoms with E-state index in [0.717, 1.165) is 24.2 Å². The maximum absolute atomic E-state index is 11.8. The van der Waals surface area contributed by atoms with Crippen molar-refractivity contribution in [2.75, 3.05) is 0 Å². The molecule has 0 saturated carbocycles. The Morgan fingerprint density at radius 1 is 1.33 bits per heavy atom. The van der Waals surface area contributed by atoms with Crippen LogP contribution >= 0.6 is 0 Å². The Balaban J connectivity index is 1.78. The summed E-state index contributed by atoms with van der Waals surface area (Å²) in [7, 11) is 1.91. The first-order chi connectivity index (χ1) is 10.1. The summed E-state index contributed by atoms with van der Waals surface area (Å²) in [5.74, 6) is 0.780. The van der Waals surface area contributed by atoms with Gasteiger partial charge in [0.1, 0.15) is 5.82 Å². The first-order valence-corrected chi connectivity index (χ1v) is 7.10. The summed E-state index contributed by atoms with van der Waals surface area (Å²) in [6.07, 6.45) is 7.10. The van der Waals surface area contributed by atoms with Crippen molar-refractivity contribution in [3.8, 4) is 0 Å². The molecule has 0 spiro atoms. The van der Waals surface area contributed by atoms with Crippen LogP contribution in [0.2, 0.25) is 0 Å². The Hall–Kier alpha value is -2.36. The summed E-state index contributed by atoms with van der Waals surface area (Å²) in [6, 6.07) is 10.3. The average Bonchev–Trinajstić information content (AvgIpc) is 2.89. The number of allylic oxidation sites excluding steroid dienone is 1. The van der Waals surface area contributed by atoms with Crippen LogP contribution in [-0.2, 0) is 24.8 Å². The molecule has 0 bridgehead atoms. The van der Waals surface area contributed by atoms with Crippen molar-refractivity contribution in [3.63, 3.8) is 0 Å². The minimum absolute atomic E-state index is 0.0661. The van der Waals surface area contributed by atoms with Gasteiger partial charge >= 0.3 is 0 Å². The fourth-order valence-corrected chi connectivity index (χ4v) is 2.07. The number of nitrogens with one attached hydrogen (secondary N) is 1. The van der Waals surface area contributed by atoms with E-state index in [-0.39, 0.29) is 5.91 Å². The van der Waals surface area contributed by atoms with Gasteiger partial charge in [-0.25, -0.2) is 4.98 Å². The Morgan fingerprint density at radius 2 is 2.10 bits per heavy atom. The summed E-state index contributed by atoms with van der Waals surface area (Å²) in [6.45, 7) is 2.44. The van der Waals surface area contributed by atoms with E-state index in [1.807, 2.05) is 42.9 Å². The number of carbonyl (C=O) groups is 1. The average molecular weight is 283 g/mol. The molecule has 4 heteroatoms. The Bertz CT molecular complexity index is 614. The lowest BCUT2D eigenvalue weighted by Crippen LogP contribution is -2.22. The van der Waals surface area contributed by atoms with Crippen molar-refractivity contribution in [3.05, 3.63) is 65.8 Å². The van der Waals surface area contributed by atoms with Gasteiger partial charge in [0, 0.05) is 25.5 Å². The number of aryl methyl sites for hydroxylation is 2. The number of nitrogens with zero attached hydrogens (tertiary/aromatic N) is 2. The van der Waals surface area contributed by atoms with Crippen molar-refractivity contribution in [2.45, 2.75) is 26.3 Å². The molecule has 2 rings (SSSR count). The van der Waals surface area contributed by atoms with Gasteiger partial charge in [-0.1, -0.05) is 35.9 Å². The number of hydrogen-bond acceptors (Lipinski definition) is 2. The fraction of sp³-hybridized carbons (Fsp3) is 0.294. The summed E-state index contributed by atoms with van der Waals surface area (Å²) in [4.78, 5) is 16.0. The van der Waals surface area contributed by atoms with E-state index in [1.54, 1.807) is 12.3 Å². The van der Waals surface area contributed by atoms with E-state index in [9.17, 15) is 4.79 Å². The van der Waals surface area contributed by atoms with Crippen LogP contribution in [0.4, 0.5) is 0 Å². The van der Waals surface area contributed by atoms with E-state index in [1.165, 1.54) is 5.56 Å². The Labute approximate surface area is 125 Å². The zero-order valence-electron chi connectivity index (χ0n) is 12.5. The second-order valence-electron chi connectivity index (χ2n) is 5.15. The van der Waals surface area contributed by atoms with E-state index in [4.69, 9.17) is 0 Å². The number of imidazole rings is 1. The topological polar surface area (TPSA) is 46.9 Å². The van der Waals surface area contributed by atoms with Crippen LogP contribution in [0.1, 0.15) is 24.7 Å². The van der Waals surface area contributed by atoms with E-state index >= 15 is 0 Å². The van der Waals surface area contributed by atoms with E-state index in [2.05, 4.69) is 22.4 Å². The summed E-state index contributed by atoms with van der Waals surface area (Å²) in [5.41, 5.74) is 2.37. The fourth-order valence-electron chi connectivity index (χ4n) is 2.07. The summed E-state index contributed by atoms with van der Waals surface area (Å²) >= 11 is 0. The molecule has 0 atom stereocenters. The largest absolute Gasteiger partial charge is 0.345 e. The van der Waals surface area contributed by atoms with E-state index in [0.29, 0.717) is 6.54 Å². The number of amides is 1. The highest BCUT2D eigenvalue weighted by Gasteiger charge is 2.02. The molecule has 1 amide bonds. The zero-order valence-corrected chi connectivity index (χ0v) is 12.5. The van der Waals surface area contributed by atoms with Crippen molar-refractivity contribution in [2.24, 2.45) is 7.05 Å². The normalized spacial score (nSPS) is 11.4. The predicted octanol–water partition coefficient (Wildman–Crippen LogP) is 2.62. The molecule has 0 unspecified atom stereocenters. The van der Waals surface area contributed by atoms with E-state index < -0.39 is 0 Å². The third-order valence-corrected chi connectivity index (χ3v) is 3.37.